The van der Waals surface area contributed by atoms with Crippen LogP contribution in [0.25, 0.3) is 0 Å². The highest BCUT2D eigenvalue weighted by Crippen LogP contribution is 2.37. The predicted molar refractivity (Wildman–Crippen MR) is 55.0 cm³/mol. The number of phenols is 2. The number of ether oxygens (including phenoxy) is 1. The Kier molecular flexibility index (Phi) is 3.76. The fourth-order valence-corrected chi connectivity index (χ4v) is 1.21. The lowest BCUT2D eigenvalue weighted by Crippen LogP contribution is -2.11. The number of aliphatic hydroxyl groups excluding tert-OH is 1. The fraction of sp³-hybridized carbons (Fsp3) is 0.400. The largest absolute Gasteiger partial charge is 0.504 e. The van der Waals surface area contributed by atoms with Crippen LogP contribution in [0.3, 0.4) is 0 Å². The molecule has 5 N–H and O–H groups in total. The van der Waals surface area contributed by atoms with E-state index in [2.05, 4.69) is 0 Å². The van der Waals surface area contributed by atoms with Crippen molar-refractivity contribution >= 4 is 0 Å². The summed E-state index contributed by atoms with van der Waals surface area (Å²) in [6, 6.07) is 2.71. The highest BCUT2D eigenvalue weighted by Gasteiger charge is 2.14. The molecule has 0 heterocycles. The van der Waals surface area contributed by atoms with E-state index in [-0.39, 0.29) is 23.8 Å². The normalized spacial score (nSPS) is 12.5. The predicted octanol–water partition coefficient (Wildman–Crippen LogP) is 0.489. The number of phenolic OH excluding ortho intramolecular Hbond substituents is 2. The van der Waals surface area contributed by atoms with Gasteiger partial charge in [0.1, 0.15) is 0 Å². The minimum Gasteiger partial charge on any atom is -0.504 e. The third kappa shape index (κ3) is 2.51. The molecule has 0 bridgehead atoms. The number of aliphatic hydroxyl groups is 1. The zero-order chi connectivity index (χ0) is 11.4. The monoisotopic (exact) mass is 213 g/mol. The first-order valence-electron chi connectivity index (χ1n) is 4.67. The highest BCUT2D eigenvalue weighted by atomic mass is 16.5. The number of nitrogens with two attached hydrogens (primary N) is 1. The maximum atomic E-state index is 9.46. The van der Waals surface area contributed by atoms with Crippen molar-refractivity contribution in [2.75, 3.05) is 13.2 Å². The Morgan fingerprint density at radius 3 is 2.60 bits per heavy atom. The summed E-state index contributed by atoms with van der Waals surface area (Å²) in [5.41, 5.74) is 5.69. The molecule has 15 heavy (non-hydrogen) atoms. The molecule has 0 aliphatic rings. The topological polar surface area (TPSA) is 95.9 Å². The summed E-state index contributed by atoms with van der Waals surface area (Å²) in [7, 11) is 0. The molecule has 0 aliphatic carbocycles. The van der Waals surface area contributed by atoms with Crippen molar-refractivity contribution in [2.45, 2.75) is 13.0 Å². The Bertz CT molecular complexity index is 340. The van der Waals surface area contributed by atoms with Gasteiger partial charge in [-0.3, -0.25) is 0 Å². The summed E-state index contributed by atoms with van der Waals surface area (Å²) in [5, 5.41) is 28.3. The van der Waals surface area contributed by atoms with E-state index in [1.165, 1.54) is 12.1 Å². The average molecular weight is 213 g/mol. The van der Waals surface area contributed by atoms with Gasteiger partial charge in [-0.25, -0.2) is 0 Å². The Balaban J connectivity index is 3.11. The molecular weight excluding hydrogens is 198 g/mol. The number of rotatable bonds is 4. The van der Waals surface area contributed by atoms with Crippen LogP contribution in [-0.2, 0) is 0 Å². The molecule has 0 saturated carbocycles. The molecule has 84 valence electrons. The van der Waals surface area contributed by atoms with Gasteiger partial charge in [0.25, 0.3) is 0 Å². The third-order valence-electron chi connectivity index (χ3n) is 1.99. The maximum Gasteiger partial charge on any atom is 0.200 e. The molecule has 0 aliphatic heterocycles. The minimum atomic E-state index is -0.879. The molecule has 0 radical (unpaired) electrons. The van der Waals surface area contributed by atoms with Crippen molar-refractivity contribution in [2.24, 2.45) is 5.73 Å². The van der Waals surface area contributed by atoms with Gasteiger partial charge >= 0.3 is 0 Å². The first kappa shape index (κ1) is 11.6. The smallest absolute Gasteiger partial charge is 0.200 e. The van der Waals surface area contributed by atoms with Crippen LogP contribution in [0, 0.1) is 0 Å². The van der Waals surface area contributed by atoms with Crippen molar-refractivity contribution in [1.29, 1.82) is 0 Å². The summed E-state index contributed by atoms with van der Waals surface area (Å²) in [6.45, 7) is 2.15. The lowest BCUT2D eigenvalue weighted by molar-refractivity contribution is 0.185. The SMILES string of the molecule is CCOc1cc(C(O)CN)cc(O)c1O. The van der Waals surface area contributed by atoms with Gasteiger partial charge in [0.05, 0.1) is 12.7 Å². The zero-order valence-electron chi connectivity index (χ0n) is 8.47. The van der Waals surface area contributed by atoms with Gasteiger partial charge in [-0.15, -0.1) is 0 Å². The molecule has 1 aromatic rings. The zero-order valence-corrected chi connectivity index (χ0v) is 8.47. The molecule has 0 saturated heterocycles. The second kappa shape index (κ2) is 4.86. The Morgan fingerprint density at radius 1 is 1.40 bits per heavy atom. The van der Waals surface area contributed by atoms with Crippen LogP contribution in [-0.4, -0.2) is 28.5 Å². The molecule has 0 fully saturated rings. The number of hydrogen-bond acceptors (Lipinski definition) is 5. The van der Waals surface area contributed by atoms with Crippen LogP contribution in [0.2, 0.25) is 0 Å². The average Bonchev–Trinajstić information content (AvgIpc) is 2.23. The van der Waals surface area contributed by atoms with Gasteiger partial charge < -0.3 is 25.8 Å². The van der Waals surface area contributed by atoms with Crippen molar-refractivity contribution in [1.82, 2.24) is 0 Å². The quantitative estimate of drug-likeness (QED) is 0.546. The lowest BCUT2D eigenvalue weighted by Gasteiger charge is -2.13. The number of hydrogen-bond donors (Lipinski definition) is 4. The number of aromatic hydroxyl groups is 2. The molecular formula is C10H15NO4. The van der Waals surface area contributed by atoms with Gasteiger partial charge in [-0.2, -0.15) is 0 Å². The van der Waals surface area contributed by atoms with E-state index in [1.54, 1.807) is 6.92 Å². The molecule has 1 aromatic carbocycles. The van der Waals surface area contributed by atoms with Crippen LogP contribution >= 0.6 is 0 Å². The minimum absolute atomic E-state index is 0.0375. The third-order valence-corrected chi connectivity index (χ3v) is 1.99. The van der Waals surface area contributed by atoms with E-state index in [9.17, 15) is 15.3 Å². The van der Waals surface area contributed by atoms with Crippen LogP contribution < -0.4 is 10.5 Å². The van der Waals surface area contributed by atoms with Gasteiger partial charge in [0.15, 0.2) is 11.5 Å². The van der Waals surface area contributed by atoms with Gasteiger partial charge in [0, 0.05) is 6.54 Å². The molecule has 1 atom stereocenters. The first-order valence-corrected chi connectivity index (χ1v) is 4.67. The maximum absolute atomic E-state index is 9.46. The van der Waals surface area contributed by atoms with E-state index in [4.69, 9.17) is 10.5 Å². The van der Waals surface area contributed by atoms with Crippen LogP contribution in [0.1, 0.15) is 18.6 Å². The van der Waals surface area contributed by atoms with E-state index in [0.717, 1.165) is 0 Å². The highest BCUT2D eigenvalue weighted by molar-refractivity contribution is 5.52. The standard InChI is InChI=1S/C10H15NO4/c1-2-15-9-4-6(8(13)5-11)3-7(12)10(9)14/h3-4,8,12-14H,2,5,11H2,1H3. The van der Waals surface area contributed by atoms with Crippen molar-refractivity contribution < 1.29 is 20.1 Å². The lowest BCUT2D eigenvalue weighted by atomic mass is 10.1. The molecule has 1 unspecified atom stereocenters. The second-order valence-electron chi connectivity index (χ2n) is 3.07. The van der Waals surface area contributed by atoms with Crippen molar-refractivity contribution in [3.8, 4) is 17.2 Å². The second-order valence-corrected chi connectivity index (χ2v) is 3.07. The van der Waals surface area contributed by atoms with E-state index >= 15 is 0 Å². The fourth-order valence-electron chi connectivity index (χ4n) is 1.21. The van der Waals surface area contributed by atoms with Crippen molar-refractivity contribution in [3.63, 3.8) is 0 Å². The number of benzene rings is 1. The van der Waals surface area contributed by atoms with E-state index < -0.39 is 6.10 Å². The summed E-state index contributed by atoms with van der Waals surface area (Å²) in [5.74, 6) is -0.520. The molecule has 0 aromatic heterocycles. The first-order chi connectivity index (χ1) is 7.10. The van der Waals surface area contributed by atoms with Crippen LogP contribution in [0.4, 0.5) is 0 Å². The van der Waals surface area contributed by atoms with Crippen LogP contribution in [0.5, 0.6) is 17.2 Å². The summed E-state index contributed by atoms with van der Waals surface area (Å²) in [4.78, 5) is 0. The Labute approximate surface area is 87.7 Å². The van der Waals surface area contributed by atoms with Gasteiger partial charge in [-0.05, 0) is 24.6 Å². The summed E-state index contributed by atoms with van der Waals surface area (Å²) < 4.78 is 5.09. The Hall–Kier alpha value is -1.46. The molecule has 5 nitrogen and oxygen atoms in total. The van der Waals surface area contributed by atoms with Gasteiger partial charge in [-0.1, -0.05) is 0 Å². The summed E-state index contributed by atoms with van der Waals surface area (Å²) >= 11 is 0. The van der Waals surface area contributed by atoms with E-state index in [0.29, 0.717) is 12.2 Å². The molecule has 0 amide bonds. The Morgan fingerprint density at radius 2 is 2.07 bits per heavy atom. The van der Waals surface area contributed by atoms with Crippen molar-refractivity contribution in [3.05, 3.63) is 17.7 Å². The van der Waals surface area contributed by atoms with E-state index in [1.807, 2.05) is 0 Å². The molecule has 5 heteroatoms. The van der Waals surface area contributed by atoms with Gasteiger partial charge in [0.2, 0.25) is 5.75 Å². The molecule has 0 spiro atoms. The molecule has 1 rings (SSSR count). The van der Waals surface area contributed by atoms with Crippen LogP contribution in [0.15, 0.2) is 12.1 Å². The summed E-state index contributed by atoms with van der Waals surface area (Å²) in [6.07, 6.45) is -0.879.